The Bertz CT molecular complexity index is 266. The van der Waals surface area contributed by atoms with Gasteiger partial charge in [0.25, 0.3) is 0 Å². The summed E-state index contributed by atoms with van der Waals surface area (Å²) in [5.74, 6) is -0.430. The summed E-state index contributed by atoms with van der Waals surface area (Å²) in [6.07, 6.45) is 0.793. The lowest BCUT2D eigenvalue weighted by molar-refractivity contribution is 0.0563. The lowest BCUT2D eigenvalue weighted by Gasteiger charge is -1.97. The molecule has 0 saturated carbocycles. The molecule has 0 aliphatic carbocycles. The average Bonchev–Trinajstić information content (AvgIpc) is 2.15. The van der Waals surface area contributed by atoms with E-state index in [0.29, 0.717) is 5.56 Å². The normalized spacial score (nSPS) is 9.00. The maximum atomic E-state index is 11.1. The monoisotopic (exact) mass is 165 g/mol. The molecule has 12 heavy (non-hydrogen) atoms. The van der Waals surface area contributed by atoms with Crippen molar-refractivity contribution in [3.05, 3.63) is 35.9 Å². The minimum Gasteiger partial charge on any atom is -0.448 e. The van der Waals surface area contributed by atoms with Gasteiger partial charge in [0, 0.05) is 0 Å². The Hall–Kier alpha value is -1.64. The molecule has 0 unspecified atom stereocenters. The lowest BCUT2D eigenvalue weighted by atomic mass is 10.2. The minimum atomic E-state index is -0.430. The molecule has 0 heterocycles. The summed E-state index contributed by atoms with van der Waals surface area (Å²) < 4.78 is 4.63. The maximum Gasteiger partial charge on any atom is 0.338 e. The fourth-order valence-corrected chi connectivity index (χ4v) is 0.771. The highest BCUT2D eigenvalue weighted by molar-refractivity contribution is 5.89. The molecule has 0 saturated heterocycles. The number of ether oxygens (including phenoxy) is 1. The van der Waals surface area contributed by atoms with Crippen LogP contribution in [-0.2, 0) is 4.74 Å². The number of hydrogen-bond acceptors (Lipinski definition) is 2. The lowest BCUT2D eigenvalue weighted by Crippen LogP contribution is -2.06. The van der Waals surface area contributed by atoms with Gasteiger partial charge in [-0.3, -0.25) is 4.79 Å². The molecule has 0 atom stereocenters. The summed E-state index contributed by atoms with van der Waals surface area (Å²) in [5, 5.41) is 0. The third-order valence-corrected chi connectivity index (χ3v) is 1.30. The zero-order valence-electron chi connectivity index (χ0n) is 6.43. The Balaban J connectivity index is 2.59. The number of carbonyl (C=O) groups is 1. The predicted octanol–water partition coefficient (Wildman–Crippen LogP) is 1.02. The van der Waals surface area contributed by atoms with Crippen molar-refractivity contribution in [2.75, 3.05) is 6.61 Å². The van der Waals surface area contributed by atoms with E-state index in [4.69, 9.17) is 4.79 Å². The molecule has 0 aliphatic heterocycles. The third-order valence-electron chi connectivity index (χ3n) is 1.30. The third kappa shape index (κ3) is 2.20. The molecule has 3 heteroatoms. The molecule has 3 nitrogen and oxygen atoms in total. The first kappa shape index (κ1) is 8.46. The standard InChI is InChI=1S/C9H8O3/c10-6-7-12-9(11)8-4-2-1-3-5-8/h1-6H,7H2/p+1. The molecular weight excluding hydrogens is 156 g/mol. The van der Waals surface area contributed by atoms with Gasteiger partial charge in [-0.25, -0.2) is 4.79 Å². The first-order valence-corrected chi connectivity index (χ1v) is 3.52. The van der Waals surface area contributed by atoms with E-state index in [2.05, 4.69) is 4.74 Å². The van der Waals surface area contributed by atoms with Crippen LogP contribution in [0.5, 0.6) is 0 Å². The molecule has 62 valence electrons. The molecule has 1 N–H and O–H groups in total. The largest absolute Gasteiger partial charge is 0.448 e. The Labute approximate surface area is 70.0 Å². The zero-order chi connectivity index (χ0) is 8.81. The first-order valence-electron chi connectivity index (χ1n) is 3.52. The summed E-state index contributed by atoms with van der Waals surface area (Å²) in [6.45, 7) is -0.0757. The van der Waals surface area contributed by atoms with Gasteiger partial charge in [-0.1, -0.05) is 18.2 Å². The minimum absolute atomic E-state index is 0.0757. The first-order chi connectivity index (χ1) is 5.84. The van der Waals surface area contributed by atoms with Gasteiger partial charge in [0.1, 0.15) is 0 Å². The molecule has 0 fully saturated rings. The van der Waals surface area contributed by atoms with Crippen LogP contribution in [0, 0.1) is 0 Å². The molecule has 0 spiro atoms. The summed E-state index contributed by atoms with van der Waals surface area (Å²) in [4.78, 5) is 19.3. The Morgan fingerprint density at radius 2 is 2.08 bits per heavy atom. The molecule has 0 radical (unpaired) electrons. The number of carbonyl (C=O) groups excluding carboxylic acids is 2. The second kappa shape index (κ2) is 4.28. The Kier molecular flexibility index (Phi) is 3.02. The second-order valence-electron chi connectivity index (χ2n) is 2.15. The quantitative estimate of drug-likeness (QED) is 0.381. The van der Waals surface area contributed by atoms with Crippen molar-refractivity contribution in [1.29, 1.82) is 0 Å². The van der Waals surface area contributed by atoms with E-state index in [1.807, 2.05) is 6.07 Å². The fraction of sp³-hybridized carbons (Fsp3) is 0.111. The van der Waals surface area contributed by atoms with Crippen LogP contribution in [0.3, 0.4) is 0 Å². The molecule has 0 aliphatic rings. The van der Waals surface area contributed by atoms with Crippen molar-refractivity contribution in [2.45, 2.75) is 0 Å². The maximum absolute atomic E-state index is 11.1. The number of esters is 1. The van der Waals surface area contributed by atoms with Gasteiger partial charge in [-0.2, -0.15) is 0 Å². The summed E-state index contributed by atoms with van der Waals surface area (Å²) in [5.41, 5.74) is 0.486. The smallest absolute Gasteiger partial charge is 0.338 e. The molecule has 1 aromatic rings. The van der Waals surface area contributed by atoms with Crippen LogP contribution in [0.4, 0.5) is 0 Å². The van der Waals surface area contributed by atoms with E-state index in [-0.39, 0.29) is 6.61 Å². The number of rotatable bonds is 3. The van der Waals surface area contributed by atoms with Gasteiger partial charge in [0.2, 0.25) is 0 Å². The van der Waals surface area contributed by atoms with Gasteiger partial charge in [-0.15, -0.1) is 0 Å². The van der Waals surface area contributed by atoms with E-state index in [1.165, 1.54) is 0 Å². The zero-order valence-corrected chi connectivity index (χ0v) is 6.43. The number of benzene rings is 1. The predicted molar refractivity (Wildman–Crippen MR) is 44.7 cm³/mol. The highest BCUT2D eigenvalue weighted by Crippen LogP contribution is 1.99. The van der Waals surface area contributed by atoms with E-state index in [1.54, 1.807) is 24.3 Å². The van der Waals surface area contributed by atoms with Crippen LogP contribution in [0.2, 0.25) is 0 Å². The van der Waals surface area contributed by atoms with Gasteiger partial charge in [0.15, 0.2) is 6.61 Å². The molecule has 1 rings (SSSR count). The fourth-order valence-electron chi connectivity index (χ4n) is 0.771. The van der Waals surface area contributed by atoms with E-state index >= 15 is 0 Å². The van der Waals surface area contributed by atoms with Crippen molar-refractivity contribution in [1.82, 2.24) is 0 Å². The molecule has 0 aromatic heterocycles. The molecular formula is C9H9O3+. The van der Waals surface area contributed by atoms with Crippen molar-refractivity contribution >= 4 is 12.3 Å². The van der Waals surface area contributed by atoms with E-state index < -0.39 is 5.97 Å². The van der Waals surface area contributed by atoms with Gasteiger partial charge in [0.05, 0.1) is 5.56 Å². The number of aldehydes is 1. The van der Waals surface area contributed by atoms with E-state index in [0.717, 1.165) is 6.29 Å². The Morgan fingerprint density at radius 1 is 1.42 bits per heavy atom. The molecule has 0 amide bonds. The topological polar surface area (TPSA) is 47.7 Å². The van der Waals surface area contributed by atoms with Crippen molar-refractivity contribution in [3.8, 4) is 0 Å². The highest BCUT2D eigenvalue weighted by atomic mass is 16.5. The summed E-state index contributed by atoms with van der Waals surface area (Å²) in [6, 6.07) is 8.62. The summed E-state index contributed by atoms with van der Waals surface area (Å²) >= 11 is 0. The average molecular weight is 165 g/mol. The highest BCUT2D eigenvalue weighted by Gasteiger charge is 2.04. The van der Waals surface area contributed by atoms with Gasteiger partial charge < -0.3 is 4.74 Å². The van der Waals surface area contributed by atoms with Crippen LogP contribution >= 0.6 is 0 Å². The SMILES string of the molecule is O=C(OCC=[OH+])c1ccccc1. The summed E-state index contributed by atoms with van der Waals surface area (Å²) in [7, 11) is 0. The molecule has 1 aromatic carbocycles. The van der Waals surface area contributed by atoms with Gasteiger partial charge in [-0.05, 0) is 12.1 Å². The number of hydrogen-bond donors (Lipinski definition) is 0. The van der Waals surface area contributed by atoms with Crippen LogP contribution in [0.25, 0.3) is 0 Å². The van der Waals surface area contributed by atoms with Crippen molar-refractivity contribution < 1.29 is 14.3 Å². The van der Waals surface area contributed by atoms with Crippen LogP contribution in [0.1, 0.15) is 10.4 Å². The molecule has 0 bridgehead atoms. The van der Waals surface area contributed by atoms with E-state index in [9.17, 15) is 4.79 Å². The van der Waals surface area contributed by atoms with Crippen molar-refractivity contribution in [3.63, 3.8) is 0 Å². The van der Waals surface area contributed by atoms with Gasteiger partial charge >= 0.3 is 12.3 Å². The van der Waals surface area contributed by atoms with Crippen LogP contribution in [-0.4, -0.2) is 23.7 Å². The van der Waals surface area contributed by atoms with Crippen LogP contribution < -0.4 is 0 Å². The second-order valence-corrected chi connectivity index (χ2v) is 2.15. The van der Waals surface area contributed by atoms with Crippen LogP contribution in [0.15, 0.2) is 30.3 Å². The van der Waals surface area contributed by atoms with Crippen molar-refractivity contribution in [2.24, 2.45) is 0 Å². The Morgan fingerprint density at radius 3 is 2.67 bits per heavy atom.